The van der Waals surface area contributed by atoms with Crippen LogP contribution < -0.4 is 10.6 Å². The van der Waals surface area contributed by atoms with Crippen LogP contribution in [0.1, 0.15) is 18.6 Å². The molecule has 4 nitrogen and oxygen atoms in total. The lowest BCUT2D eigenvalue weighted by molar-refractivity contribution is 0.510. The van der Waals surface area contributed by atoms with Gasteiger partial charge in [0.1, 0.15) is 5.76 Å². The zero-order valence-electron chi connectivity index (χ0n) is 9.78. The molecule has 4 heteroatoms. The second kappa shape index (κ2) is 6.00. The molecule has 1 aromatic rings. The van der Waals surface area contributed by atoms with E-state index in [0.717, 1.165) is 18.1 Å². The topological polar surface area (TPSA) is 49.6 Å². The maximum atomic E-state index is 5.25. The number of terminal acetylenes is 1. The van der Waals surface area contributed by atoms with Gasteiger partial charge in [-0.05, 0) is 25.0 Å². The minimum absolute atomic E-state index is 0.499. The number of hydrogen-bond acceptors (Lipinski definition) is 2. The van der Waals surface area contributed by atoms with E-state index in [1.165, 1.54) is 12.8 Å². The zero-order chi connectivity index (χ0) is 11.9. The van der Waals surface area contributed by atoms with Crippen LogP contribution in [0.5, 0.6) is 0 Å². The highest BCUT2D eigenvalue weighted by Gasteiger charge is 2.22. The van der Waals surface area contributed by atoms with Gasteiger partial charge in [0.05, 0.1) is 12.8 Å². The van der Waals surface area contributed by atoms with Crippen molar-refractivity contribution in [3.63, 3.8) is 0 Å². The van der Waals surface area contributed by atoms with Gasteiger partial charge in [-0.15, -0.1) is 6.42 Å². The van der Waals surface area contributed by atoms with Gasteiger partial charge in [0, 0.05) is 19.0 Å². The Balaban J connectivity index is 1.78. The first-order chi connectivity index (χ1) is 8.38. The molecule has 0 spiro atoms. The molecular weight excluding hydrogens is 214 g/mol. The molecule has 0 aromatic carbocycles. The van der Waals surface area contributed by atoms with Gasteiger partial charge >= 0.3 is 0 Å². The second-order valence-electron chi connectivity index (χ2n) is 4.04. The molecule has 0 unspecified atom stereocenters. The third kappa shape index (κ3) is 4.23. The molecule has 1 aliphatic rings. The number of rotatable bonds is 5. The van der Waals surface area contributed by atoms with Crippen LogP contribution in [0.25, 0.3) is 0 Å². The highest BCUT2D eigenvalue weighted by Crippen LogP contribution is 2.18. The summed E-state index contributed by atoms with van der Waals surface area (Å²) in [5.41, 5.74) is 0. The van der Waals surface area contributed by atoms with Crippen molar-refractivity contribution in [2.75, 3.05) is 13.1 Å². The quantitative estimate of drug-likeness (QED) is 0.454. The van der Waals surface area contributed by atoms with E-state index in [-0.39, 0.29) is 0 Å². The molecule has 0 bridgehead atoms. The molecule has 0 amide bonds. The van der Waals surface area contributed by atoms with Crippen molar-refractivity contribution >= 4 is 5.96 Å². The fraction of sp³-hybridized carbons (Fsp3) is 0.462. The SMILES string of the molecule is C#CCNC(=NCCc1ccco1)NC1CC1. The van der Waals surface area contributed by atoms with Gasteiger partial charge in [0.25, 0.3) is 0 Å². The maximum absolute atomic E-state index is 5.25. The van der Waals surface area contributed by atoms with E-state index >= 15 is 0 Å². The van der Waals surface area contributed by atoms with E-state index in [9.17, 15) is 0 Å². The van der Waals surface area contributed by atoms with Crippen molar-refractivity contribution in [2.45, 2.75) is 25.3 Å². The highest BCUT2D eigenvalue weighted by molar-refractivity contribution is 5.80. The van der Waals surface area contributed by atoms with Crippen molar-refractivity contribution in [2.24, 2.45) is 4.99 Å². The third-order valence-electron chi connectivity index (χ3n) is 2.48. The van der Waals surface area contributed by atoms with Crippen LogP contribution in [0.3, 0.4) is 0 Å². The van der Waals surface area contributed by atoms with Gasteiger partial charge in [0.15, 0.2) is 5.96 Å². The molecule has 17 heavy (non-hydrogen) atoms. The first-order valence-electron chi connectivity index (χ1n) is 5.89. The maximum Gasteiger partial charge on any atom is 0.192 e. The molecule has 2 N–H and O–H groups in total. The van der Waals surface area contributed by atoms with E-state index < -0.39 is 0 Å². The average Bonchev–Trinajstić information content (AvgIpc) is 2.99. The summed E-state index contributed by atoms with van der Waals surface area (Å²) in [6.45, 7) is 1.19. The van der Waals surface area contributed by atoms with Gasteiger partial charge in [0.2, 0.25) is 0 Å². The fourth-order valence-electron chi connectivity index (χ4n) is 1.44. The first-order valence-corrected chi connectivity index (χ1v) is 5.89. The number of furan rings is 1. The number of aliphatic imine (C=N–C) groups is 1. The van der Waals surface area contributed by atoms with Gasteiger partial charge < -0.3 is 15.1 Å². The number of nitrogens with one attached hydrogen (secondary N) is 2. The van der Waals surface area contributed by atoms with Crippen molar-refractivity contribution in [1.29, 1.82) is 0 Å². The molecule has 0 atom stereocenters. The van der Waals surface area contributed by atoms with Crippen LogP contribution in [0.15, 0.2) is 27.8 Å². The Hall–Kier alpha value is -1.89. The van der Waals surface area contributed by atoms with E-state index in [4.69, 9.17) is 10.8 Å². The van der Waals surface area contributed by atoms with Gasteiger partial charge in [-0.25, -0.2) is 0 Å². The van der Waals surface area contributed by atoms with Crippen molar-refractivity contribution in [3.05, 3.63) is 24.2 Å². The van der Waals surface area contributed by atoms with Crippen LogP contribution in [0.2, 0.25) is 0 Å². The number of nitrogens with zero attached hydrogens (tertiary/aromatic N) is 1. The molecule has 1 saturated carbocycles. The predicted octanol–water partition coefficient (Wildman–Crippen LogP) is 1.15. The second-order valence-corrected chi connectivity index (χ2v) is 4.04. The summed E-state index contributed by atoms with van der Waals surface area (Å²) in [6, 6.07) is 4.42. The number of hydrogen-bond donors (Lipinski definition) is 2. The molecule has 2 rings (SSSR count). The van der Waals surface area contributed by atoms with Crippen molar-refractivity contribution in [3.8, 4) is 12.3 Å². The highest BCUT2D eigenvalue weighted by atomic mass is 16.3. The van der Waals surface area contributed by atoms with E-state index in [2.05, 4.69) is 21.5 Å². The lowest BCUT2D eigenvalue weighted by Crippen LogP contribution is -2.39. The average molecular weight is 231 g/mol. The Labute approximate surface area is 101 Å². The molecule has 1 fully saturated rings. The standard InChI is InChI=1S/C13H17N3O/c1-2-8-14-13(16-11-5-6-11)15-9-7-12-4-3-10-17-12/h1,3-4,10-11H,5-9H2,(H2,14,15,16). The van der Waals surface area contributed by atoms with Crippen LogP contribution in [0, 0.1) is 12.3 Å². The summed E-state index contributed by atoms with van der Waals surface area (Å²) in [6.07, 6.45) is 10.1. The summed E-state index contributed by atoms with van der Waals surface area (Å²) < 4.78 is 5.25. The van der Waals surface area contributed by atoms with Gasteiger partial charge in [-0.2, -0.15) is 0 Å². The Kier molecular flexibility index (Phi) is 4.09. The van der Waals surface area contributed by atoms with Gasteiger partial charge in [-0.1, -0.05) is 5.92 Å². The summed E-state index contributed by atoms with van der Waals surface area (Å²) in [5, 5.41) is 6.41. The summed E-state index contributed by atoms with van der Waals surface area (Å²) >= 11 is 0. The monoisotopic (exact) mass is 231 g/mol. The molecule has 90 valence electrons. The van der Waals surface area contributed by atoms with Crippen LogP contribution in [0.4, 0.5) is 0 Å². The van der Waals surface area contributed by atoms with Crippen LogP contribution in [-0.2, 0) is 6.42 Å². The minimum atomic E-state index is 0.499. The molecule has 0 radical (unpaired) electrons. The van der Waals surface area contributed by atoms with Crippen LogP contribution in [-0.4, -0.2) is 25.1 Å². The first kappa shape index (κ1) is 11.6. The summed E-state index contributed by atoms with van der Waals surface area (Å²) in [7, 11) is 0. The van der Waals surface area contributed by atoms with E-state index in [0.29, 0.717) is 19.1 Å². The minimum Gasteiger partial charge on any atom is -0.469 e. The summed E-state index contributed by atoms with van der Waals surface area (Å²) in [4.78, 5) is 4.46. The Morgan fingerprint density at radius 3 is 3.12 bits per heavy atom. The van der Waals surface area contributed by atoms with Crippen molar-refractivity contribution in [1.82, 2.24) is 10.6 Å². The fourth-order valence-corrected chi connectivity index (χ4v) is 1.44. The Morgan fingerprint density at radius 1 is 1.59 bits per heavy atom. The predicted molar refractivity (Wildman–Crippen MR) is 67.7 cm³/mol. The molecular formula is C13H17N3O. The normalized spacial score (nSPS) is 15.4. The van der Waals surface area contributed by atoms with Gasteiger partial charge in [-0.3, -0.25) is 4.99 Å². The molecule has 0 saturated heterocycles. The van der Waals surface area contributed by atoms with Crippen LogP contribution >= 0.6 is 0 Å². The molecule has 0 aliphatic heterocycles. The van der Waals surface area contributed by atoms with Crippen molar-refractivity contribution < 1.29 is 4.42 Å². The summed E-state index contributed by atoms with van der Waals surface area (Å²) in [5.74, 6) is 4.30. The largest absolute Gasteiger partial charge is 0.469 e. The van der Waals surface area contributed by atoms with E-state index in [1.807, 2.05) is 12.1 Å². The molecule has 1 aliphatic carbocycles. The smallest absolute Gasteiger partial charge is 0.192 e. The third-order valence-corrected chi connectivity index (χ3v) is 2.48. The lowest BCUT2D eigenvalue weighted by Gasteiger charge is -2.09. The Bertz CT molecular complexity index is 399. The van der Waals surface area contributed by atoms with E-state index in [1.54, 1.807) is 6.26 Å². The molecule has 1 heterocycles. The Morgan fingerprint density at radius 2 is 2.47 bits per heavy atom. The molecule has 1 aromatic heterocycles. The lowest BCUT2D eigenvalue weighted by atomic mass is 10.3. The number of guanidine groups is 1. The zero-order valence-corrected chi connectivity index (χ0v) is 9.78.